The summed E-state index contributed by atoms with van der Waals surface area (Å²) in [7, 11) is 0. The van der Waals surface area contributed by atoms with E-state index < -0.39 is 0 Å². The molecule has 1 aliphatic heterocycles. The Balaban J connectivity index is 1.16. The van der Waals surface area contributed by atoms with Gasteiger partial charge in [0.1, 0.15) is 0 Å². The lowest BCUT2D eigenvalue weighted by Gasteiger charge is -2.36. The zero-order valence-corrected chi connectivity index (χ0v) is 19.0. The Labute approximate surface area is 195 Å². The van der Waals surface area contributed by atoms with Crippen LogP contribution >= 0.6 is 0 Å². The number of carbonyl (C=O) groups is 2. The summed E-state index contributed by atoms with van der Waals surface area (Å²) >= 11 is 0. The molecule has 2 aliphatic rings. The fraction of sp³-hybridized carbons (Fsp3) is 0.357. The van der Waals surface area contributed by atoms with Gasteiger partial charge in [0.25, 0.3) is 5.91 Å². The Morgan fingerprint density at radius 1 is 0.758 bits per heavy atom. The van der Waals surface area contributed by atoms with Crippen LogP contribution in [0.5, 0.6) is 0 Å². The van der Waals surface area contributed by atoms with Crippen LogP contribution < -0.4 is 10.2 Å². The van der Waals surface area contributed by atoms with Gasteiger partial charge >= 0.3 is 0 Å². The second-order valence-electron chi connectivity index (χ2n) is 9.21. The standard InChI is InChI=1S/C28H31N3O2/c32-27(22-7-2-1-3-8-22)29-25-12-14-26(15-13-25)30-16-18-31(19-17-30)28(33)24-11-10-21-6-4-5-9-23(21)20-24/h4-6,9-15,20,22H,1-3,7-8,16-19H2,(H,29,32). The first-order chi connectivity index (χ1) is 16.2. The smallest absolute Gasteiger partial charge is 0.253 e. The van der Waals surface area contributed by atoms with Crippen molar-refractivity contribution in [3.8, 4) is 0 Å². The SMILES string of the molecule is O=C(Nc1ccc(N2CCN(C(=O)c3ccc4ccccc4c3)CC2)cc1)C1CCCCC1. The van der Waals surface area contributed by atoms with Gasteiger partial charge < -0.3 is 15.1 Å². The van der Waals surface area contributed by atoms with Crippen LogP contribution in [0.2, 0.25) is 0 Å². The van der Waals surface area contributed by atoms with Crippen LogP contribution in [0.3, 0.4) is 0 Å². The number of rotatable bonds is 4. The lowest BCUT2D eigenvalue weighted by molar-refractivity contribution is -0.120. The molecule has 5 heteroatoms. The van der Waals surface area contributed by atoms with Crippen molar-refractivity contribution in [1.82, 2.24) is 4.90 Å². The molecule has 1 N–H and O–H groups in total. The molecule has 3 aromatic carbocycles. The molecule has 1 aliphatic carbocycles. The second kappa shape index (κ2) is 9.65. The number of fused-ring (bicyclic) bond motifs is 1. The van der Waals surface area contributed by atoms with Crippen molar-refractivity contribution in [2.45, 2.75) is 32.1 Å². The molecular formula is C28H31N3O2. The maximum absolute atomic E-state index is 13.0. The zero-order valence-electron chi connectivity index (χ0n) is 19.0. The first kappa shape index (κ1) is 21.5. The lowest BCUT2D eigenvalue weighted by atomic mass is 9.88. The zero-order chi connectivity index (χ0) is 22.6. The Bertz CT molecular complexity index is 1130. The van der Waals surface area contributed by atoms with Crippen LogP contribution in [-0.2, 0) is 4.79 Å². The molecule has 1 saturated carbocycles. The number of nitrogens with zero attached hydrogens (tertiary/aromatic N) is 2. The number of piperazine rings is 1. The predicted octanol–water partition coefficient (Wildman–Crippen LogP) is 5.32. The molecule has 0 atom stereocenters. The van der Waals surface area contributed by atoms with Crippen LogP contribution in [0, 0.1) is 5.92 Å². The van der Waals surface area contributed by atoms with E-state index in [0.29, 0.717) is 13.1 Å². The number of carbonyl (C=O) groups excluding carboxylic acids is 2. The van der Waals surface area contributed by atoms with Gasteiger partial charge in [-0.05, 0) is 60.0 Å². The molecule has 5 nitrogen and oxygen atoms in total. The third-order valence-corrected chi connectivity index (χ3v) is 7.04. The number of amides is 2. The van der Waals surface area contributed by atoms with Gasteiger partial charge in [0.15, 0.2) is 0 Å². The number of anilines is 2. The molecule has 0 aromatic heterocycles. The average Bonchev–Trinajstić information content (AvgIpc) is 2.89. The molecule has 170 valence electrons. The Morgan fingerprint density at radius 2 is 1.45 bits per heavy atom. The summed E-state index contributed by atoms with van der Waals surface area (Å²) in [6.07, 6.45) is 5.58. The quantitative estimate of drug-likeness (QED) is 0.596. The molecule has 0 bridgehead atoms. The second-order valence-corrected chi connectivity index (χ2v) is 9.21. The molecule has 1 saturated heterocycles. The summed E-state index contributed by atoms with van der Waals surface area (Å²) in [6, 6.07) is 22.2. The van der Waals surface area contributed by atoms with Crippen molar-refractivity contribution in [3.05, 3.63) is 72.3 Å². The van der Waals surface area contributed by atoms with E-state index in [1.54, 1.807) is 0 Å². The Hall–Kier alpha value is -3.34. The van der Waals surface area contributed by atoms with Crippen LogP contribution in [0.1, 0.15) is 42.5 Å². The van der Waals surface area contributed by atoms with Crippen molar-refractivity contribution < 1.29 is 9.59 Å². The van der Waals surface area contributed by atoms with E-state index >= 15 is 0 Å². The van der Waals surface area contributed by atoms with Gasteiger partial charge in [-0.25, -0.2) is 0 Å². The van der Waals surface area contributed by atoms with Crippen molar-refractivity contribution in [2.75, 3.05) is 36.4 Å². The van der Waals surface area contributed by atoms with Crippen LogP contribution in [0.4, 0.5) is 11.4 Å². The van der Waals surface area contributed by atoms with E-state index in [4.69, 9.17) is 0 Å². The number of benzene rings is 3. The van der Waals surface area contributed by atoms with Gasteiger partial charge in [-0.15, -0.1) is 0 Å². The van der Waals surface area contributed by atoms with E-state index in [-0.39, 0.29) is 17.7 Å². The molecule has 33 heavy (non-hydrogen) atoms. The molecule has 0 spiro atoms. The first-order valence-electron chi connectivity index (χ1n) is 12.1. The van der Waals surface area contributed by atoms with Crippen LogP contribution in [0.15, 0.2) is 66.7 Å². The van der Waals surface area contributed by atoms with Crippen molar-refractivity contribution in [1.29, 1.82) is 0 Å². The summed E-state index contributed by atoms with van der Waals surface area (Å²) in [5, 5.41) is 5.33. The van der Waals surface area contributed by atoms with Gasteiger partial charge in [-0.1, -0.05) is 49.6 Å². The third-order valence-electron chi connectivity index (χ3n) is 7.04. The lowest BCUT2D eigenvalue weighted by Crippen LogP contribution is -2.48. The topological polar surface area (TPSA) is 52.7 Å². The molecule has 1 heterocycles. The maximum atomic E-state index is 13.0. The fourth-order valence-corrected chi connectivity index (χ4v) is 5.04. The highest BCUT2D eigenvalue weighted by molar-refractivity contribution is 5.98. The molecule has 5 rings (SSSR count). The largest absolute Gasteiger partial charge is 0.368 e. The highest BCUT2D eigenvalue weighted by Crippen LogP contribution is 2.26. The summed E-state index contributed by atoms with van der Waals surface area (Å²) < 4.78 is 0. The normalized spacial score (nSPS) is 17.2. The van der Waals surface area contributed by atoms with Crippen molar-refractivity contribution in [3.63, 3.8) is 0 Å². The monoisotopic (exact) mass is 441 g/mol. The highest BCUT2D eigenvalue weighted by Gasteiger charge is 2.23. The third kappa shape index (κ3) is 4.87. The molecule has 2 amide bonds. The van der Waals surface area contributed by atoms with E-state index in [1.807, 2.05) is 53.4 Å². The number of hydrogen-bond acceptors (Lipinski definition) is 3. The average molecular weight is 442 g/mol. The molecule has 3 aromatic rings. The van der Waals surface area contributed by atoms with Crippen molar-refractivity contribution in [2.24, 2.45) is 5.92 Å². The van der Waals surface area contributed by atoms with Gasteiger partial charge in [0.2, 0.25) is 5.91 Å². The summed E-state index contributed by atoms with van der Waals surface area (Å²) in [6.45, 7) is 3.00. The van der Waals surface area contributed by atoms with Gasteiger partial charge in [-0.3, -0.25) is 9.59 Å². The maximum Gasteiger partial charge on any atom is 0.253 e. The van der Waals surface area contributed by atoms with Crippen molar-refractivity contribution >= 4 is 34.0 Å². The van der Waals surface area contributed by atoms with Crippen LogP contribution in [-0.4, -0.2) is 42.9 Å². The van der Waals surface area contributed by atoms with E-state index in [1.165, 1.54) is 6.42 Å². The highest BCUT2D eigenvalue weighted by atomic mass is 16.2. The molecule has 0 radical (unpaired) electrons. The summed E-state index contributed by atoms with van der Waals surface area (Å²) in [5.41, 5.74) is 2.74. The minimum atomic E-state index is 0.0983. The number of nitrogens with one attached hydrogen (secondary N) is 1. The van der Waals surface area contributed by atoms with Gasteiger partial charge in [0, 0.05) is 49.0 Å². The Kier molecular flexibility index (Phi) is 6.29. The number of hydrogen-bond donors (Lipinski definition) is 1. The first-order valence-corrected chi connectivity index (χ1v) is 12.1. The molecular weight excluding hydrogens is 410 g/mol. The van der Waals surface area contributed by atoms with E-state index in [0.717, 1.165) is 66.5 Å². The van der Waals surface area contributed by atoms with Crippen LogP contribution in [0.25, 0.3) is 10.8 Å². The molecule has 2 fully saturated rings. The minimum absolute atomic E-state index is 0.0983. The van der Waals surface area contributed by atoms with Gasteiger partial charge in [-0.2, -0.15) is 0 Å². The summed E-state index contributed by atoms with van der Waals surface area (Å²) in [4.78, 5) is 29.8. The van der Waals surface area contributed by atoms with E-state index in [2.05, 4.69) is 28.4 Å². The minimum Gasteiger partial charge on any atom is -0.368 e. The summed E-state index contributed by atoms with van der Waals surface area (Å²) in [5.74, 6) is 0.413. The fourth-order valence-electron chi connectivity index (χ4n) is 5.04. The Morgan fingerprint density at radius 3 is 2.18 bits per heavy atom. The van der Waals surface area contributed by atoms with E-state index in [9.17, 15) is 9.59 Å². The molecule has 0 unspecified atom stereocenters. The predicted molar refractivity (Wildman–Crippen MR) is 134 cm³/mol. The van der Waals surface area contributed by atoms with Gasteiger partial charge in [0.05, 0.1) is 0 Å².